The average Bonchev–Trinajstić information content (AvgIpc) is 3.30. The molecule has 1 saturated heterocycles. The summed E-state index contributed by atoms with van der Waals surface area (Å²) >= 11 is 0. The molecule has 1 aromatic heterocycles. The molecule has 1 aliphatic rings. The number of hydrogen-bond donors (Lipinski definition) is 1. The lowest BCUT2D eigenvalue weighted by Crippen LogP contribution is -2.41. The van der Waals surface area contributed by atoms with Gasteiger partial charge in [-0.2, -0.15) is 4.31 Å². The van der Waals surface area contributed by atoms with Crippen LogP contribution in [0.25, 0.3) is 11.3 Å². The number of carbonyl (C=O) groups is 1. The molecule has 0 atom stereocenters. The number of aromatic nitrogens is 1. The predicted molar refractivity (Wildman–Crippen MR) is 113 cm³/mol. The van der Waals surface area contributed by atoms with E-state index in [1.54, 1.807) is 30.5 Å². The summed E-state index contributed by atoms with van der Waals surface area (Å²) in [6.07, 6.45) is 3.99. The molecule has 0 bridgehead atoms. The molecule has 1 fully saturated rings. The predicted octanol–water partition coefficient (Wildman–Crippen LogP) is 3.69. The van der Waals surface area contributed by atoms with E-state index in [0.717, 1.165) is 11.1 Å². The third-order valence-corrected chi connectivity index (χ3v) is 7.27. The van der Waals surface area contributed by atoms with Gasteiger partial charge in [0.05, 0.1) is 11.1 Å². The monoisotopic (exact) mass is 425 g/mol. The number of carbonyl (C=O) groups excluding carboxylic acids is 1. The Morgan fingerprint density at radius 2 is 1.73 bits per heavy atom. The zero-order chi connectivity index (χ0) is 21.1. The first-order valence-electron chi connectivity index (χ1n) is 9.80. The van der Waals surface area contributed by atoms with Gasteiger partial charge in [0.15, 0.2) is 12.2 Å². The topological polar surface area (TPSA) is 92.5 Å². The van der Waals surface area contributed by atoms with Crippen molar-refractivity contribution in [2.24, 2.45) is 5.92 Å². The van der Waals surface area contributed by atoms with Gasteiger partial charge in [0, 0.05) is 30.3 Å². The van der Waals surface area contributed by atoms with Crippen molar-refractivity contribution >= 4 is 21.6 Å². The fraction of sp³-hybridized carbons (Fsp3) is 0.273. The number of piperidine rings is 1. The van der Waals surface area contributed by atoms with Crippen molar-refractivity contribution in [3.8, 4) is 11.3 Å². The Morgan fingerprint density at radius 1 is 1.07 bits per heavy atom. The molecule has 1 aliphatic heterocycles. The number of anilines is 1. The molecule has 1 amide bonds. The molecule has 2 heterocycles. The number of nitrogens with zero attached hydrogens (tertiary/aromatic N) is 2. The largest absolute Gasteiger partial charge is 0.444 e. The molecule has 8 heteroatoms. The smallest absolute Gasteiger partial charge is 0.243 e. The van der Waals surface area contributed by atoms with Crippen LogP contribution < -0.4 is 5.32 Å². The highest BCUT2D eigenvalue weighted by atomic mass is 32.2. The Hall–Kier alpha value is -2.97. The number of hydrogen-bond acceptors (Lipinski definition) is 5. The molecule has 3 aromatic rings. The standard InChI is InChI=1S/C22H23N3O4S/c1-16-2-8-20(9-3-16)30(27,28)25-12-10-18(11-13-25)22(26)24-19-6-4-17(5-7-19)21-14-23-15-29-21/h2-9,14-15,18H,10-13H2,1H3,(H,24,26). The Kier molecular flexibility index (Phi) is 5.69. The van der Waals surface area contributed by atoms with Gasteiger partial charge >= 0.3 is 0 Å². The van der Waals surface area contributed by atoms with Crippen molar-refractivity contribution in [1.82, 2.24) is 9.29 Å². The normalized spacial score (nSPS) is 15.8. The molecule has 0 radical (unpaired) electrons. The highest BCUT2D eigenvalue weighted by Crippen LogP contribution is 2.26. The van der Waals surface area contributed by atoms with E-state index in [1.807, 2.05) is 31.2 Å². The summed E-state index contributed by atoms with van der Waals surface area (Å²) < 4.78 is 32.3. The number of rotatable bonds is 5. The Labute approximate surface area is 175 Å². The Balaban J connectivity index is 1.34. The van der Waals surface area contributed by atoms with E-state index in [4.69, 9.17) is 4.42 Å². The molecule has 2 aromatic carbocycles. The van der Waals surface area contributed by atoms with Gasteiger partial charge in [-0.3, -0.25) is 4.79 Å². The number of nitrogens with one attached hydrogen (secondary N) is 1. The number of sulfonamides is 1. The summed E-state index contributed by atoms with van der Waals surface area (Å²) in [5.41, 5.74) is 2.58. The van der Waals surface area contributed by atoms with E-state index in [0.29, 0.717) is 42.3 Å². The van der Waals surface area contributed by atoms with Crippen LogP contribution in [0.4, 0.5) is 5.69 Å². The maximum absolute atomic E-state index is 12.8. The first kappa shape index (κ1) is 20.3. The fourth-order valence-corrected chi connectivity index (χ4v) is 5.01. The summed E-state index contributed by atoms with van der Waals surface area (Å²) in [5, 5.41) is 2.92. The van der Waals surface area contributed by atoms with Crippen LogP contribution >= 0.6 is 0 Å². The fourth-order valence-electron chi connectivity index (χ4n) is 3.54. The van der Waals surface area contributed by atoms with Gasteiger partial charge in [0.1, 0.15) is 0 Å². The lowest BCUT2D eigenvalue weighted by atomic mass is 9.97. The number of aryl methyl sites for hydroxylation is 1. The van der Waals surface area contributed by atoms with Crippen LogP contribution in [-0.2, 0) is 14.8 Å². The Morgan fingerprint density at radius 3 is 2.33 bits per heavy atom. The van der Waals surface area contributed by atoms with Crippen LogP contribution in [0.5, 0.6) is 0 Å². The van der Waals surface area contributed by atoms with Crippen molar-refractivity contribution in [3.05, 3.63) is 66.7 Å². The van der Waals surface area contributed by atoms with Crippen molar-refractivity contribution < 1.29 is 17.6 Å². The molecule has 0 unspecified atom stereocenters. The second-order valence-corrected chi connectivity index (χ2v) is 9.36. The molecule has 0 aliphatic carbocycles. The minimum Gasteiger partial charge on any atom is -0.444 e. The molecule has 0 saturated carbocycles. The first-order chi connectivity index (χ1) is 14.4. The maximum atomic E-state index is 12.8. The van der Waals surface area contributed by atoms with Crippen LogP contribution in [0.1, 0.15) is 18.4 Å². The minimum atomic E-state index is -3.53. The third-order valence-electron chi connectivity index (χ3n) is 5.35. The van der Waals surface area contributed by atoms with Crippen molar-refractivity contribution in [2.45, 2.75) is 24.7 Å². The van der Waals surface area contributed by atoms with Gasteiger partial charge in [0.2, 0.25) is 15.9 Å². The SMILES string of the molecule is Cc1ccc(S(=O)(=O)N2CCC(C(=O)Nc3ccc(-c4cnco4)cc3)CC2)cc1. The van der Waals surface area contributed by atoms with Gasteiger partial charge in [-0.25, -0.2) is 13.4 Å². The minimum absolute atomic E-state index is 0.0881. The molecule has 1 N–H and O–H groups in total. The van der Waals surface area contributed by atoms with Crippen LogP contribution in [0.15, 0.2) is 70.4 Å². The molecule has 30 heavy (non-hydrogen) atoms. The summed E-state index contributed by atoms with van der Waals surface area (Å²) in [4.78, 5) is 16.8. The van der Waals surface area contributed by atoms with E-state index in [9.17, 15) is 13.2 Å². The van der Waals surface area contributed by atoms with Crippen molar-refractivity contribution in [3.63, 3.8) is 0 Å². The van der Waals surface area contributed by atoms with Gasteiger partial charge < -0.3 is 9.73 Å². The van der Waals surface area contributed by atoms with E-state index >= 15 is 0 Å². The molecule has 7 nitrogen and oxygen atoms in total. The number of amides is 1. The molecule has 0 spiro atoms. The number of oxazole rings is 1. The lowest BCUT2D eigenvalue weighted by molar-refractivity contribution is -0.120. The van der Waals surface area contributed by atoms with Gasteiger partial charge in [-0.1, -0.05) is 17.7 Å². The van der Waals surface area contributed by atoms with Crippen LogP contribution in [0, 0.1) is 12.8 Å². The second kappa shape index (κ2) is 8.41. The van der Waals surface area contributed by atoms with Crippen molar-refractivity contribution in [1.29, 1.82) is 0 Å². The van der Waals surface area contributed by atoms with E-state index < -0.39 is 10.0 Å². The third kappa shape index (κ3) is 4.29. The average molecular weight is 426 g/mol. The highest BCUT2D eigenvalue weighted by molar-refractivity contribution is 7.89. The van der Waals surface area contributed by atoms with Crippen molar-refractivity contribution in [2.75, 3.05) is 18.4 Å². The summed E-state index contributed by atoms with van der Waals surface area (Å²) in [6, 6.07) is 14.2. The van der Waals surface area contributed by atoms with Gasteiger partial charge in [-0.15, -0.1) is 0 Å². The van der Waals surface area contributed by atoms with E-state index in [1.165, 1.54) is 10.7 Å². The molecular formula is C22H23N3O4S. The quantitative estimate of drug-likeness (QED) is 0.673. The first-order valence-corrected chi connectivity index (χ1v) is 11.2. The second-order valence-electron chi connectivity index (χ2n) is 7.42. The lowest BCUT2D eigenvalue weighted by Gasteiger charge is -2.30. The van der Waals surface area contributed by atoms with E-state index in [-0.39, 0.29) is 11.8 Å². The highest BCUT2D eigenvalue weighted by Gasteiger charge is 2.32. The van der Waals surface area contributed by atoms with Gasteiger partial charge in [-0.05, 0) is 56.2 Å². The molecule has 156 valence electrons. The molecule has 4 rings (SSSR count). The number of benzene rings is 2. The van der Waals surface area contributed by atoms with E-state index in [2.05, 4.69) is 10.3 Å². The zero-order valence-electron chi connectivity index (χ0n) is 16.6. The van der Waals surface area contributed by atoms with Crippen LogP contribution in [0.3, 0.4) is 0 Å². The van der Waals surface area contributed by atoms with Crippen LogP contribution in [0.2, 0.25) is 0 Å². The zero-order valence-corrected chi connectivity index (χ0v) is 17.4. The summed E-state index contributed by atoms with van der Waals surface area (Å²) in [6.45, 7) is 2.58. The maximum Gasteiger partial charge on any atom is 0.243 e. The van der Waals surface area contributed by atoms with Gasteiger partial charge in [0.25, 0.3) is 0 Å². The summed E-state index contributed by atoms with van der Waals surface area (Å²) in [5.74, 6) is 0.355. The molecular weight excluding hydrogens is 402 g/mol. The summed E-state index contributed by atoms with van der Waals surface area (Å²) in [7, 11) is -3.53. The Bertz CT molecular complexity index is 1100. The van der Waals surface area contributed by atoms with Crippen LogP contribution in [-0.4, -0.2) is 36.7 Å².